The van der Waals surface area contributed by atoms with Crippen LogP contribution in [0.2, 0.25) is 0 Å². The van der Waals surface area contributed by atoms with Crippen LogP contribution in [0.5, 0.6) is 0 Å². The summed E-state index contributed by atoms with van der Waals surface area (Å²) in [6.07, 6.45) is 0. The highest BCUT2D eigenvalue weighted by Gasteiger charge is 2.21. The number of hydrogen-bond acceptors (Lipinski definition) is 3. The Balaban J connectivity index is 2.64. The Morgan fingerprint density at radius 1 is 1.50 bits per heavy atom. The Kier molecular flexibility index (Phi) is 3.39. The molecule has 0 fully saturated rings. The number of hydrogen-bond donors (Lipinski definition) is 1. The molecule has 2 N–H and O–H groups in total. The van der Waals surface area contributed by atoms with Gasteiger partial charge in [-0.3, -0.25) is 0 Å². The van der Waals surface area contributed by atoms with Crippen molar-refractivity contribution >= 4 is 16.9 Å². The standard InChI is InChI=1S/C14H18N2O2/c1-4-16-11-7-5-6-9(2)10(11)8-12(16)13(15)14(17)18-3/h5-8,13H,4,15H2,1-3H3. The Hall–Kier alpha value is -1.81. The average molecular weight is 246 g/mol. The van der Waals surface area contributed by atoms with Crippen LogP contribution < -0.4 is 5.73 Å². The highest BCUT2D eigenvalue weighted by atomic mass is 16.5. The Morgan fingerprint density at radius 3 is 2.83 bits per heavy atom. The first-order chi connectivity index (χ1) is 8.60. The molecule has 0 bridgehead atoms. The number of carbonyl (C=O) groups is 1. The van der Waals surface area contributed by atoms with E-state index in [0.717, 1.165) is 23.1 Å². The predicted molar refractivity (Wildman–Crippen MR) is 71.3 cm³/mol. The molecule has 1 aromatic carbocycles. The van der Waals surface area contributed by atoms with Crippen molar-refractivity contribution in [3.8, 4) is 0 Å². The minimum atomic E-state index is -0.734. The zero-order chi connectivity index (χ0) is 13.3. The van der Waals surface area contributed by atoms with Gasteiger partial charge in [0, 0.05) is 23.1 Å². The normalized spacial score (nSPS) is 12.7. The van der Waals surface area contributed by atoms with Gasteiger partial charge in [-0.2, -0.15) is 0 Å². The van der Waals surface area contributed by atoms with Gasteiger partial charge in [-0.15, -0.1) is 0 Å². The minimum Gasteiger partial charge on any atom is -0.468 e. The highest BCUT2D eigenvalue weighted by Crippen LogP contribution is 2.26. The maximum atomic E-state index is 11.6. The van der Waals surface area contributed by atoms with E-state index in [1.54, 1.807) is 0 Å². The number of rotatable bonds is 3. The summed E-state index contributed by atoms with van der Waals surface area (Å²) < 4.78 is 6.77. The number of fused-ring (bicyclic) bond motifs is 1. The SMILES string of the molecule is CCn1c(C(N)C(=O)OC)cc2c(C)cccc21. The molecule has 1 atom stereocenters. The van der Waals surface area contributed by atoms with Crippen molar-refractivity contribution in [2.75, 3.05) is 7.11 Å². The van der Waals surface area contributed by atoms with Crippen molar-refractivity contribution in [1.29, 1.82) is 0 Å². The average Bonchev–Trinajstić information content (AvgIpc) is 2.76. The van der Waals surface area contributed by atoms with Gasteiger partial charge in [-0.05, 0) is 31.5 Å². The molecular weight excluding hydrogens is 228 g/mol. The molecule has 4 nitrogen and oxygen atoms in total. The lowest BCUT2D eigenvalue weighted by Crippen LogP contribution is -2.25. The fourth-order valence-corrected chi connectivity index (χ4v) is 2.31. The molecule has 1 heterocycles. The summed E-state index contributed by atoms with van der Waals surface area (Å²) in [7, 11) is 1.35. The molecule has 4 heteroatoms. The summed E-state index contributed by atoms with van der Waals surface area (Å²) in [5.41, 5.74) is 9.03. The molecule has 18 heavy (non-hydrogen) atoms. The quantitative estimate of drug-likeness (QED) is 0.844. The predicted octanol–water partition coefficient (Wildman–Crippen LogP) is 2.14. The monoisotopic (exact) mass is 246 g/mol. The van der Waals surface area contributed by atoms with E-state index in [-0.39, 0.29) is 0 Å². The molecule has 1 aromatic heterocycles. The summed E-state index contributed by atoms with van der Waals surface area (Å²) in [6.45, 7) is 4.86. The summed E-state index contributed by atoms with van der Waals surface area (Å²) >= 11 is 0. The molecule has 96 valence electrons. The van der Waals surface area contributed by atoms with Crippen LogP contribution in [-0.4, -0.2) is 17.6 Å². The second kappa shape index (κ2) is 4.82. The van der Waals surface area contributed by atoms with E-state index < -0.39 is 12.0 Å². The first kappa shape index (κ1) is 12.6. The molecule has 0 radical (unpaired) electrons. The number of nitrogens with two attached hydrogens (primary N) is 1. The summed E-state index contributed by atoms with van der Waals surface area (Å²) in [4.78, 5) is 11.6. The Bertz CT molecular complexity index is 587. The maximum absolute atomic E-state index is 11.6. The van der Waals surface area contributed by atoms with E-state index >= 15 is 0 Å². The largest absolute Gasteiger partial charge is 0.468 e. The first-order valence-corrected chi connectivity index (χ1v) is 6.02. The molecule has 0 saturated heterocycles. The lowest BCUT2D eigenvalue weighted by Gasteiger charge is -2.12. The van der Waals surface area contributed by atoms with E-state index in [1.807, 2.05) is 25.1 Å². The van der Waals surface area contributed by atoms with E-state index in [4.69, 9.17) is 10.5 Å². The van der Waals surface area contributed by atoms with Gasteiger partial charge in [0.2, 0.25) is 0 Å². The van der Waals surface area contributed by atoms with Crippen molar-refractivity contribution < 1.29 is 9.53 Å². The van der Waals surface area contributed by atoms with E-state index in [0.29, 0.717) is 0 Å². The van der Waals surface area contributed by atoms with E-state index in [1.165, 1.54) is 12.7 Å². The van der Waals surface area contributed by atoms with Crippen molar-refractivity contribution in [3.05, 3.63) is 35.5 Å². The summed E-state index contributed by atoms with van der Waals surface area (Å²) in [6, 6.07) is 7.35. The summed E-state index contributed by atoms with van der Waals surface area (Å²) in [5, 5.41) is 1.13. The van der Waals surface area contributed by atoms with Gasteiger partial charge in [-0.25, -0.2) is 4.79 Å². The Labute approximate surface area is 106 Å². The lowest BCUT2D eigenvalue weighted by atomic mass is 10.1. The molecule has 2 aromatic rings. The van der Waals surface area contributed by atoms with E-state index in [2.05, 4.69) is 17.6 Å². The first-order valence-electron chi connectivity index (χ1n) is 6.02. The van der Waals surface area contributed by atoms with Crippen molar-refractivity contribution in [3.63, 3.8) is 0 Å². The number of carbonyl (C=O) groups excluding carboxylic acids is 1. The van der Waals surface area contributed by atoms with Gasteiger partial charge in [0.1, 0.15) is 6.04 Å². The van der Waals surface area contributed by atoms with Gasteiger partial charge in [0.05, 0.1) is 7.11 Å². The fraction of sp³-hybridized carbons (Fsp3) is 0.357. The van der Waals surface area contributed by atoms with Crippen LogP contribution in [0.15, 0.2) is 24.3 Å². The maximum Gasteiger partial charge on any atom is 0.328 e. The molecule has 0 aliphatic carbocycles. The van der Waals surface area contributed by atoms with Crippen LogP contribution in [0, 0.1) is 6.92 Å². The zero-order valence-corrected chi connectivity index (χ0v) is 10.9. The molecule has 0 aliphatic rings. The van der Waals surface area contributed by atoms with Crippen LogP contribution >= 0.6 is 0 Å². The topological polar surface area (TPSA) is 57.2 Å². The molecule has 1 unspecified atom stereocenters. The molecule has 0 aliphatic heterocycles. The zero-order valence-electron chi connectivity index (χ0n) is 10.9. The Morgan fingerprint density at radius 2 is 2.22 bits per heavy atom. The number of aryl methyl sites for hydroxylation is 2. The molecule has 0 saturated carbocycles. The third-order valence-corrected chi connectivity index (χ3v) is 3.29. The van der Waals surface area contributed by atoms with Crippen molar-refractivity contribution in [1.82, 2.24) is 4.57 Å². The van der Waals surface area contributed by atoms with Crippen LogP contribution in [0.3, 0.4) is 0 Å². The second-order valence-electron chi connectivity index (χ2n) is 4.32. The molecule has 0 spiro atoms. The van der Waals surface area contributed by atoms with Gasteiger partial charge >= 0.3 is 5.97 Å². The third kappa shape index (κ3) is 1.88. The van der Waals surface area contributed by atoms with Crippen LogP contribution in [0.25, 0.3) is 10.9 Å². The number of methoxy groups -OCH3 is 1. The lowest BCUT2D eigenvalue weighted by molar-refractivity contribution is -0.142. The minimum absolute atomic E-state index is 0.412. The number of esters is 1. The van der Waals surface area contributed by atoms with Gasteiger partial charge < -0.3 is 15.0 Å². The molecule has 0 amide bonds. The third-order valence-electron chi connectivity index (χ3n) is 3.29. The fourth-order valence-electron chi connectivity index (χ4n) is 2.31. The number of benzene rings is 1. The van der Waals surface area contributed by atoms with E-state index in [9.17, 15) is 4.79 Å². The highest BCUT2D eigenvalue weighted by molar-refractivity contribution is 5.87. The van der Waals surface area contributed by atoms with Crippen LogP contribution in [0.4, 0.5) is 0 Å². The van der Waals surface area contributed by atoms with Gasteiger partial charge in [-0.1, -0.05) is 12.1 Å². The number of aromatic nitrogens is 1. The summed E-state index contributed by atoms with van der Waals surface area (Å²) in [5.74, 6) is -0.412. The second-order valence-corrected chi connectivity index (χ2v) is 4.32. The van der Waals surface area contributed by atoms with Crippen LogP contribution in [-0.2, 0) is 16.1 Å². The van der Waals surface area contributed by atoms with Gasteiger partial charge in [0.25, 0.3) is 0 Å². The molecule has 2 rings (SSSR count). The number of ether oxygens (including phenoxy) is 1. The molecular formula is C14H18N2O2. The number of nitrogens with zero attached hydrogens (tertiary/aromatic N) is 1. The van der Waals surface area contributed by atoms with Crippen molar-refractivity contribution in [2.45, 2.75) is 26.4 Å². The van der Waals surface area contributed by atoms with Crippen LogP contribution in [0.1, 0.15) is 24.2 Å². The van der Waals surface area contributed by atoms with Crippen molar-refractivity contribution in [2.24, 2.45) is 5.73 Å². The smallest absolute Gasteiger partial charge is 0.328 e. The van der Waals surface area contributed by atoms with Gasteiger partial charge in [0.15, 0.2) is 0 Å².